The van der Waals surface area contributed by atoms with Crippen LogP contribution in [0.5, 0.6) is 0 Å². The van der Waals surface area contributed by atoms with E-state index in [-0.39, 0.29) is 0 Å². The average Bonchev–Trinajstić information content (AvgIpc) is 2.59. The van der Waals surface area contributed by atoms with Gasteiger partial charge in [-0.15, -0.1) is 11.6 Å². The van der Waals surface area contributed by atoms with Gasteiger partial charge < -0.3 is 0 Å². The van der Waals surface area contributed by atoms with Crippen molar-refractivity contribution in [3.63, 3.8) is 0 Å². The molecule has 0 bridgehead atoms. The van der Waals surface area contributed by atoms with E-state index in [1.54, 1.807) is 11.1 Å². The maximum absolute atomic E-state index is 5.74. The van der Waals surface area contributed by atoms with Gasteiger partial charge in [-0.2, -0.15) is 0 Å². The number of halogens is 1. The summed E-state index contributed by atoms with van der Waals surface area (Å²) >= 11 is 5.74. The molecular formula is C23H35Cl. The number of alkyl halides is 1. The van der Waals surface area contributed by atoms with Crippen LogP contribution in [0.2, 0.25) is 0 Å². The van der Waals surface area contributed by atoms with E-state index in [0.29, 0.717) is 11.3 Å². The quantitative estimate of drug-likeness (QED) is 0.260. The Labute approximate surface area is 155 Å². The maximum Gasteiger partial charge on any atom is 0.0409 e. The Bertz CT molecular complexity index is 565. The van der Waals surface area contributed by atoms with Crippen molar-refractivity contribution < 1.29 is 0 Å². The van der Waals surface area contributed by atoms with Crippen molar-refractivity contribution in [2.24, 2.45) is 5.41 Å². The molecule has 0 aromatic carbocycles. The molecule has 0 unspecified atom stereocenters. The zero-order chi connectivity index (χ0) is 18.2. The normalized spacial score (nSPS) is 20.7. The molecule has 1 aliphatic rings. The van der Waals surface area contributed by atoms with Crippen molar-refractivity contribution in [1.29, 1.82) is 0 Å². The smallest absolute Gasteiger partial charge is 0.0409 e. The molecule has 0 heterocycles. The van der Waals surface area contributed by atoms with Gasteiger partial charge in [0.05, 0.1) is 0 Å². The van der Waals surface area contributed by atoms with Crippen LogP contribution >= 0.6 is 11.6 Å². The lowest BCUT2D eigenvalue weighted by Gasteiger charge is -2.28. The minimum atomic E-state index is 0.349. The predicted octanol–water partition coefficient (Wildman–Crippen LogP) is 7.93. The summed E-state index contributed by atoms with van der Waals surface area (Å²) in [6.07, 6.45) is 17.4. The summed E-state index contributed by atoms with van der Waals surface area (Å²) in [5.41, 5.74) is 7.39. The number of rotatable bonds is 6. The molecule has 1 aliphatic carbocycles. The second-order valence-electron chi connectivity index (χ2n) is 7.84. The van der Waals surface area contributed by atoms with Crippen LogP contribution in [0.15, 0.2) is 58.2 Å². The fourth-order valence-corrected chi connectivity index (χ4v) is 3.88. The molecule has 0 spiro atoms. The summed E-state index contributed by atoms with van der Waals surface area (Å²) in [5.74, 6) is 0.572. The van der Waals surface area contributed by atoms with Gasteiger partial charge in [0.25, 0.3) is 0 Å². The second kappa shape index (κ2) is 10.1. The highest BCUT2D eigenvalue weighted by atomic mass is 35.5. The molecular weight excluding hydrogens is 312 g/mol. The lowest BCUT2D eigenvalue weighted by atomic mass is 9.78. The Balaban J connectivity index is 2.78. The Kier molecular flexibility index (Phi) is 8.84. The molecule has 0 saturated heterocycles. The summed E-state index contributed by atoms with van der Waals surface area (Å²) < 4.78 is 0. The topological polar surface area (TPSA) is 0 Å². The van der Waals surface area contributed by atoms with Gasteiger partial charge in [0.1, 0.15) is 0 Å². The van der Waals surface area contributed by atoms with Crippen molar-refractivity contribution in [2.45, 2.75) is 73.6 Å². The van der Waals surface area contributed by atoms with Gasteiger partial charge in [0.15, 0.2) is 0 Å². The van der Waals surface area contributed by atoms with Crippen LogP contribution in [0.3, 0.4) is 0 Å². The van der Waals surface area contributed by atoms with Gasteiger partial charge in [-0.1, -0.05) is 78.5 Å². The molecule has 134 valence electrons. The maximum atomic E-state index is 5.74. The zero-order valence-corrected chi connectivity index (χ0v) is 17.3. The monoisotopic (exact) mass is 346 g/mol. The van der Waals surface area contributed by atoms with E-state index in [1.165, 1.54) is 42.4 Å². The van der Waals surface area contributed by atoms with Crippen LogP contribution in [-0.4, -0.2) is 5.88 Å². The molecule has 0 aliphatic heterocycles. The SMILES string of the molecule is CC1=C(C/C=C/C(C)=C/C(C)=C/C(C)=C/CCl)C(C)(C)CCCC1. The Morgan fingerprint density at radius 2 is 1.71 bits per heavy atom. The Morgan fingerprint density at radius 3 is 2.38 bits per heavy atom. The molecule has 0 amide bonds. The first-order chi connectivity index (χ1) is 11.3. The number of hydrogen-bond donors (Lipinski definition) is 0. The molecule has 0 fully saturated rings. The van der Waals surface area contributed by atoms with E-state index < -0.39 is 0 Å². The molecule has 0 aromatic heterocycles. The van der Waals surface area contributed by atoms with Crippen LogP contribution in [0.1, 0.15) is 73.6 Å². The van der Waals surface area contributed by atoms with Gasteiger partial charge in [-0.3, -0.25) is 0 Å². The summed E-state index contributed by atoms with van der Waals surface area (Å²) in [7, 11) is 0. The Hall–Kier alpha value is -1.01. The summed E-state index contributed by atoms with van der Waals surface area (Å²) in [6.45, 7) is 13.6. The summed E-state index contributed by atoms with van der Waals surface area (Å²) in [4.78, 5) is 0. The third-order valence-electron chi connectivity index (χ3n) is 4.95. The fourth-order valence-electron chi connectivity index (χ4n) is 3.64. The molecule has 0 nitrogen and oxygen atoms in total. The minimum Gasteiger partial charge on any atom is -0.122 e. The first-order valence-electron chi connectivity index (χ1n) is 9.21. The lowest BCUT2D eigenvalue weighted by Crippen LogP contribution is -2.14. The Morgan fingerprint density at radius 1 is 1.04 bits per heavy atom. The highest BCUT2D eigenvalue weighted by Gasteiger charge is 2.25. The highest BCUT2D eigenvalue weighted by Crippen LogP contribution is 2.40. The van der Waals surface area contributed by atoms with E-state index in [1.807, 2.05) is 6.08 Å². The van der Waals surface area contributed by atoms with Crippen LogP contribution in [-0.2, 0) is 0 Å². The first kappa shape index (κ1) is 21.0. The molecule has 0 aromatic rings. The van der Waals surface area contributed by atoms with Crippen molar-refractivity contribution >= 4 is 11.6 Å². The van der Waals surface area contributed by atoms with E-state index in [9.17, 15) is 0 Å². The van der Waals surface area contributed by atoms with Crippen LogP contribution < -0.4 is 0 Å². The summed E-state index contributed by atoms with van der Waals surface area (Å²) in [6, 6.07) is 0. The first-order valence-corrected chi connectivity index (χ1v) is 9.74. The van der Waals surface area contributed by atoms with E-state index in [0.717, 1.165) is 6.42 Å². The van der Waals surface area contributed by atoms with E-state index >= 15 is 0 Å². The number of hydrogen-bond acceptors (Lipinski definition) is 0. The van der Waals surface area contributed by atoms with Crippen molar-refractivity contribution in [2.75, 3.05) is 5.88 Å². The molecule has 0 N–H and O–H groups in total. The van der Waals surface area contributed by atoms with Gasteiger partial charge in [0.2, 0.25) is 0 Å². The largest absolute Gasteiger partial charge is 0.122 e. The van der Waals surface area contributed by atoms with Crippen LogP contribution in [0.4, 0.5) is 0 Å². The fraction of sp³-hybridized carbons (Fsp3) is 0.565. The molecule has 0 radical (unpaired) electrons. The molecule has 1 heteroatoms. The third kappa shape index (κ3) is 7.26. The van der Waals surface area contributed by atoms with Gasteiger partial charge in [-0.05, 0) is 58.8 Å². The molecule has 24 heavy (non-hydrogen) atoms. The average molecular weight is 347 g/mol. The van der Waals surface area contributed by atoms with Gasteiger partial charge >= 0.3 is 0 Å². The lowest BCUT2D eigenvalue weighted by molar-refractivity contribution is 0.393. The summed E-state index contributed by atoms with van der Waals surface area (Å²) in [5, 5.41) is 0. The zero-order valence-electron chi connectivity index (χ0n) is 16.5. The minimum absolute atomic E-state index is 0.349. The van der Waals surface area contributed by atoms with Crippen LogP contribution in [0.25, 0.3) is 0 Å². The molecule has 1 rings (SSSR count). The van der Waals surface area contributed by atoms with Gasteiger partial charge in [0, 0.05) is 5.88 Å². The van der Waals surface area contributed by atoms with Crippen molar-refractivity contribution in [3.8, 4) is 0 Å². The predicted molar refractivity (Wildman–Crippen MR) is 111 cm³/mol. The third-order valence-corrected chi connectivity index (χ3v) is 5.10. The van der Waals surface area contributed by atoms with Crippen LogP contribution in [0, 0.1) is 5.41 Å². The standard InChI is InChI=1S/C23H35Cl/c1-18(16-20(3)17-19(2)13-15-24)10-9-12-22-21(4)11-7-8-14-23(22,5)6/h9-10,13,16-17H,7-8,11-12,14-15H2,1-6H3/b10-9+,18-16+,19-13+,20-17+. The molecule has 0 saturated carbocycles. The number of allylic oxidation sites excluding steroid dienone is 10. The molecule has 0 atom stereocenters. The van der Waals surface area contributed by atoms with Crippen molar-refractivity contribution in [1.82, 2.24) is 0 Å². The second-order valence-corrected chi connectivity index (χ2v) is 8.14. The highest BCUT2D eigenvalue weighted by molar-refractivity contribution is 6.18. The van der Waals surface area contributed by atoms with E-state index in [4.69, 9.17) is 11.6 Å². The van der Waals surface area contributed by atoms with Crippen molar-refractivity contribution in [3.05, 3.63) is 58.2 Å². The van der Waals surface area contributed by atoms with E-state index in [2.05, 4.69) is 65.8 Å². The van der Waals surface area contributed by atoms with Gasteiger partial charge in [-0.25, -0.2) is 0 Å².